The van der Waals surface area contributed by atoms with Crippen molar-refractivity contribution >= 4 is 17.8 Å². The number of carboxylic acid groups (broad SMARTS) is 2. The van der Waals surface area contributed by atoms with Crippen LogP contribution in [0.3, 0.4) is 0 Å². The molecule has 0 radical (unpaired) electrons. The molecule has 16 heavy (non-hydrogen) atoms. The van der Waals surface area contributed by atoms with Gasteiger partial charge in [0.05, 0.1) is 6.42 Å². The number of carboxylic acids is 2. The third kappa shape index (κ3) is 4.71. The quantitative estimate of drug-likeness (QED) is 0.399. The second kappa shape index (κ2) is 6.75. The number of amides is 1. The second-order valence-electron chi connectivity index (χ2n) is 2.96. The number of rotatable bonds is 7. The van der Waals surface area contributed by atoms with E-state index in [9.17, 15) is 14.4 Å². The summed E-state index contributed by atoms with van der Waals surface area (Å²) in [5, 5.41) is 19.1. The van der Waals surface area contributed by atoms with E-state index in [2.05, 4.69) is 4.74 Å². The summed E-state index contributed by atoms with van der Waals surface area (Å²) < 4.78 is 4.67. The molecule has 0 aliphatic carbocycles. The zero-order valence-electron chi connectivity index (χ0n) is 8.67. The molecule has 0 rings (SSSR count). The van der Waals surface area contributed by atoms with Gasteiger partial charge in [-0.15, -0.1) is 0 Å². The van der Waals surface area contributed by atoms with E-state index in [0.717, 1.165) is 0 Å². The van der Waals surface area contributed by atoms with Crippen LogP contribution in [0.5, 0.6) is 0 Å². The van der Waals surface area contributed by atoms with Gasteiger partial charge in [-0.25, -0.2) is 4.79 Å². The first-order valence-electron chi connectivity index (χ1n) is 4.40. The van der Waals surface area contributed by atoms with E-state index >= 15 is 0 Å². The normalized spacial score (nSPS) is 13.9. The molecule has 5 N–H and O–H groups in total. The van der Waals surface area contributed by atoms with E-state index in [0.29, 0.717) is 0 Å². The molecule has 0 aliphatic heterocycles. The summed E-state index contributed by atoms with van der Waals surface area (Å²) >= 11 is 0. The Morgan fingerprint density at radius 3 is 2.25 bits per heavy atom. The first-order chi connectivity index (χ1) is 7.42. The smallest absolute Gasteiger partial charge is 0.326 e. The number of hydrogen-bond donors (Lipinski definition) is 4. The summed E-state index contributed by atoms with van der Waals surface area (Å²) in [6.07, 6.45) is -1.70. The van der Waals surface area contributed by atoms with Crippen molar-refractivity contribution in [1.82, 2.24) is 5.32 Å². The van der Waals surface area contributed by atoms with Crippen molar-refractivity contribution in [3.05, 3.63) is 0 Å². The van der Waals surface area contributed by atoms with Gasteiger partial charge in [-0.1, -0.05) is 0 Å². The summed E-state index contributed by atoms with van der Waals surface area (Å²) in [6.45, 7) is -0.123. The number of aliphatic carboxylic acids is 2. The van der Waals surface area contributed by atoms with Gasteiger partial charge in [0, 0.05) is 13.7 Å². The standard InChI is InChI=1S/C8H14N2O6/c1-16-5(3-9)7(13)10-4(8(14)15)2-6(11)12/h4-5H,2-3,9H2,1H3,(H,10,13)(H,11,12)(H,14,15). The first-order valence-corrected chi connectivity index (χ1v) is 4.40. The minimum absolute atomic E-state index is 0.123. The fourth-order valence-corrected chi connectivity index (χ4v) is 0.950. The molecule has 92 valence electrons. The number of carbonyl (C=O) groups excluding carboxylic acids is 1. The Morgan fingerprint density at radius 2 is 1.94 bits per heavy atom. The molecule has 0 aromatic rings. The zero-order valence-corrected chi connectivity index (χ0v) is 8.67. The average molecular weight is 234 g/mol. The van der Waals surface area contributed by atoms with Crippen LogP contribution >= 0.6 is 0 Å². The van der Waals surface area contributed by atoms with Gasteiger partial charge < -0.3 is 26.0 Å². The molecule has 1 amide bonds. The maximum Gasteiger partial charge on any atom is 0.326 e. The lowest BCUT2D eigenvalue weighted by Crippen LogP contribution is -2.49. The van der Waals surface area contributed by atoms with Gasteiger partial charge in [-0.05, 0) is 0 Å². The number of nitrogens with two attached hydrogens (primary N) is 1. The third-order valence-corrected chi connectivity index (χ3v) is 1.78. The van der Waals surface area contributed by atoms with Crippen molar-refractivity contribution in [2.24, 2.45) is 5.73 Å². The fraction of sp³-hybridized carbons (Fsp3) is 0.625. The minimum atomic E-state index is -1.49. The van der Waals surface area contributed by atoms with E-state index < -0.39 is 36.4 Å². The highest BCUT2D eigenvalue weighted by atomic mass is 16.5. The van der Waals surface area contributed by atoms with Crippen molar-refractivity contribution in [1.29, 1.82) is 0 Å². The molecule has 0 aromatic heterocycles. The summed E-state index contributed by atoms with van der Waals surface area (Å²) in [5.41, 5.74) is 5.19. The van der Waals surface area contributed by atoms with Crippen LogP contribution < -0.4 is 11.1 Å². The van der Waals surface area contributed by atoms with Crippen LogP contribution in [0.15, 0.2) is 0 Å². The monoisotopic (exact) mass is 234 g/mol. The van der Waals surface area contributed by atoms with Gasteiger partial charge in [0.2, 0.25) is 0 Å². The van der Waals surface area contributed by atoms with Crippen LogP contribution in [0.25, 0.3) is 0 Å². The highest BCUT2D eigenvalue weighted by Gasteiger charge is 2.26. The van der Waals surface area contributed by atoms with Gasteiger partial charge >= 0.3 is 11.9 Å². The number of carbonyl (C=O) groups is 3. The molecule has 0 aliphatic rings. The number of methoxy groups -OCH3 is 1. The van der Waals surface area contributed by atoms with E-state index in [1.807, 2.05) is 5.32 Å². The molecule has 2 unspecified atom stereocenters. The SMILES string of the molecule is COC(CN)C(=O)NC(CC(=O)O)C(=O)O. The summed E-state index contributed by atoms with van der Waals surface area (Å²) in [5.74, 6) is -3.50. The molecule has 0 spiro atoms. The number of nitrogens with one attached hydrogen (secondary N) is 1. The Hall–Kier alpha value is -1.67. The molecule has 8 heteroatoms. The van der Waals surface area contributed by atoms with Gasteiger partial charge in [-0.3, -0.25) is 9.59 Å². The van der Waals surface area contributed by atoms with Gasteiger partial charge in [-0.2, -0.15) is 0 Å². The lowest BCUT2D eigenvalue weighted by Gasteiger charge is -2.16. The van der Waals surface area contributed by atoms with Crippen molar-refractivity contribution in [2.45, 2.75) is 18.6 Å². The Morgan fingerprint density at radius 1 is 1.38 bits per heavy atom. The molecule has 0 heterocycles. The lowest BCUT2D eigenvalue weighted by atomic mass is 10.2. The largest absolute Gasteiger partial charge is 0.481 e. The predicted molar refractivity (Wildman–Crippen MR) is 51.7 cm³/mol. The molecule has 0 fully saturated rings. The maximum absolute atomic E-state index is 11.3. The van der Waals surface area contributed by atoms with Crippen molar-refractivity contribution < 1.29 is 29.3 Å². The number of hydrogen-bond acceptors (Lipinski definition) is 5. The Balaban J connectivity index is 4.44. The molecule has 0 saturated heterocycles. The molecule has 0 aromatic carbocycles. The molecular formula is C8H14N2O6. The molecule has 0 saturated carbocycles. The van der Waals surface area contributed by atoms with Crippen LogP contribution in [0, 0.1) is 0 Å². The summed E-state index contributed by atoms with van der Waals surface area (Å²) in [6, 6.07) is -1.49. The molecule has 0 bridgehead atoms. The van der Waals surface area contributed by atoms with E-state index in [-0.39, 0.29) is 6.54 Å². The van der Waals surface area contributed by atoms with Crippen LogP contribution in [0.1, 0.15) is 6.42 Å². The zero-order chi connectivity index (χ0) is 12.7. The van der Waals surface area contributed by atoms with Crippen LogP contribution in [0.4, 0.5) is 0 Å². The van der Waals surface area contributed by atoms with E-state index in [1.54, 1.807) is 0 Å². The topological polar surface area (TPSA) is 139 Å². The van der Waals surface area contributed by atoms with Crippen LogP contribution in [-0.2, 0) is 19.1 Å². The third-order valence-electron chi connectivity index (χ3n) is 1.78. The maximum atomic E-state index is 11.3. The van der Waals surface area contributed by atoms with Gasteiger partial charge in [0.15, 0.2) is 0 Å². The highest BCUT2D eigenvalue weighted by Crippen LogP contribution is 1.95. The average Bonchev–Trinajstić information content (AvgIpc) is 2.17. The number of ether oxygens (including phenoxy) is 1. The first kappa shape index (κ1) is 14.3. The summed E-state index contributed by atoms with van der Waals surface area (Å²) in [4.78, 5) is 32.3. The van der Waals surface area contributed by atoms with Crippen molar-refractivity contribution in [3.8, 4) is 0 Å². The summed E-state index contributed by atoms with van der Waals surface area (Å²) in [7, 11) is 1.24. The van der Waals surface area contributed by atoms with Crippen molar-refractivity contribution in [2.75, 3.05) is 13.7 Å². The van der Waals surface area contributed by atoms with Crippen LogP contribution in [-0.4, -0.2) is 53.9 Å². The van der Waals surface area contributed by atoms with Gasteiger partial charge in [0.25, 0.3) is 5.91 Å². The van der Waals surface area contributed by atoms with Crippen molar-refractivity contribution in [3.63, 3.8) is 0 Å². The molecular weight excluding hydrogens is 220 g/mol. The second-order valence-corrected chi connectivity index (χ2v) is 2.96. The lowest BCUT2D eigenvalue weighted by molar-refractivity contribution is -0.148. The Labute approximate surface area is 91.4 Å². The predicted octanol–water partition coefficient (Wildman–Crippen LogP) is -2.00. The van der Waals surface area contributed by atoms with E-state index in [1.165, 1.54) is 7.11 Å². The molecule has 2 atom stereocenters. The van der Waals surface area contributed by atoms with Gasteiger partial charge in [0.1, 0.15) is 12.1 Å². The fourth-order valence-electron chi connectivity index (χ4n) is 0.950. The Kier molecular flexibility index (Phi) is 6.04. The van der Waals surface area contributed by atoms with E-state index in [4.69, 9.17) is 15.9 Å². The molecule has 8 nitrogen and oxygen atoms in total. The highest BCUT2D eigenvalue weighted by molar-refractivity contribution is 5.88. The Bertz CT molecular complexity index is 276. The van der Waals surface area contributed by atoms with Crippen LogP contribution in [0.2, 0.25) is 0 Å². The minimum Gasteiger partial charge on any atom is -0.481 e.